The lowest BCUT2D eigenvalue weighted by molar-refractivity contribution is -0.158. The molecule has 0 saturated carbocycles. The number of aliphatic hydroxyl groups excluding tert-OH is 1. The molecule has 2 aliphatic heterocycles. The van der Waals surface area contributed by atoms with Crippen molar-refractivity contribution in [1.29, 1.82) is 0 Å². The molecule has 3 rings (SSSR count). The molecular weight excluding hydrogens is 270 g/mol. The summed E-state index contributed by atoms with van der Waals surface area (Å²) in [4.78, 5) is 27.5. The van der Waals surface area contributed by atoms with Gasteiger partial charge in [-0.25, -0.2) is 0 Å². The predicted molar refractivity (Wildman–Crippen MR) is 76.9 cm³/mol. The van der Waals surface area contributed by atoms with Crippen LogP contribution in [-0.2, 0) is 9.59 Å². The highest BCUT2D eigenvalue weighted by molar-refractivity contribution is 5.81. The predicted octanol–water partition coefficient (Wildman–Crippen LogP) is 0.0398. The van der Waals surface area contributed by atoms with Crippen molar-refractivity contribution in [3.63, 3.8) is 0 Å². The molecule has 6 nitrogen and oxygen atoms in total. The third-order valence-corrected chi connectivity index (χ3v) is 5.02. The summed E-state index contributed by atoms with van der Waals surface area (Å²) in [5.41, 5.74) is 1.24. The van der Waals surface area contributed by atoms with Gasteiger partial charge in [0.1, 0.15) is 0 Å². The fourth-order valence-electron chi connectivity index (χ4n) is 3.88. The monoisotopic (exact) mass is 293 g/mol. The minimum Gasteiger partial charge on any atom is -0.361 e. The highest BCUT2D eigenvalue weighted by Crippen LogP contribution is 2.34. The molecule has 116 valence electrons. The Balaban J connectivity index is 1.80. The number of nitrogens with zero attached hydrogens (tertiary/aromatic N) is 2. The van der Waals surface area contributed by atoms with Gasteiger partial charge in [0.25, 0.3) is 0 Å². The summed E-state index contributed by atoms with van der Waals surface area (Å²) in [6, 6.07) is 0.151. The topological polar surface area (TPSA) is 72.9 Å². The van der Waals surface area contributed by atoms with E-state index in [1.807, 2.05) is 16.7 Å². The van der Waals surface area contributed by atoms with Gasteiger partial charge < -0.3 is 15.3 Å². The van der Waals surface area contributed by atoms with Gasteiger partial charge in [0.15, 0.2) is 6.35 Å². The second-order valence-corrected chi connectivity index (χ2v) is 6.40. The highest BCUT2D eigenvalue weighted by Gasteiger charge is 2.46. The first kappa shape index (κ1) is 14.5. The van der Waals surface area contributed by atoms with Crippen molar-refractivity contribution in [1.82, 2.24) is 15.1 Å². The number of allylic oxidation sites excluding steroid dienone is 1. The van der Waals surface area contributed by atoms with Gasteiger partial charge in [-0.1, -0.05) is 11.6 Å². The lowest BCUT2D eigenvalue weighted by Crippen LogP contribution is -2.66. The van der Waals surface area contributed by atoms with Gasteiger partial charge in [0, 0.05) is 32.1 Å². The van der Waals surface area contributed by atoms with Crippen molar-refractivity contribution in [2.75, 3.05) is 13.1 Å². The Morgan fingerprint density at radius 3 is 2.90 bits per heavy atom. The van der Waals surface area contributed by atoms with Crippen LogP contribution < -0.4 is 5.32 Å². The normalized spacial score (nSPS) is 37.0. The maximum absolute atomic E-state index is 12.1. The molecule has 0 aromatic carbocycles. The third kappa shape index (κ3) is 2.58. The summed E-state index contributed by atoms with van der Waals surface area (Å²) in [5.74, 6) is -0.0774. The molecule has 2 amide bonds. The third-order valence-electron chi connectivity index (χ3n) is 5.02. The SMILES string of the molecule is CC(=O)N1CC[C@@H](N2C(O)NC(=O)C3CC(C)=CC[C@@H]32)C1. The summed E-state index contributed by atoms with van der Waals surface area (Å²) < 4.78 is 0. The van der Waals surface area contributed by atoms with Gasteiger partial charge in [0.2, 0.25) is 11.8 Å². The molecule has 2 saturated heterocycles. The zero-order valence-corrected chi connectivity index (χ0v) is 12.6. The number of fused-ring (bicyclic) bond motifs is 1. The van der Waals surface area contributed by atoms with E-state index in [0.717, 1.165) is 25.8 Å². The molecule has 21 heavy (non-hydrogen) atoms. The van der Waals surface area contributed by atoms with Crippen LogP contribution in [-0.4, -0.2) is 58.2 Å². The summed E-state index contributed by atoms with van der Waals surface area (Å²) >= 11 is 0. The zero-order valence-electron chi connectivity index (χ0n) is 12.6. The number of hydrogen-bond acceptors (Lipinski definition) is 4. The van der Waals surface area contributed by atoms with E-state index < -0.39 is 6.35 Å². The summed E-state index contributed by atoms with van der Waals surface area (Å²) in [5, 5.41) is 13.0. The molecule has 2 fully saturated rings. The molecule has 0 spiro atoms. The fourth-order valence-corrected chi connectivity index (χ4v) is 3.88. The Labute approximate surface area is 124 Å². The zero-order chi connectivity index (χ0) is 15.1. The first-order valence-corrected chi connectivity index (χ1v) is 7.64. The molecule has 3 aliphatic rings. The molecule has 0 aromatic heterocycles. The standard InChI is InChI=1S/C15H23N3O3/c1-9-3-4-13-12(7-9)14(20)16-15(21)18(13)11-5-6-17(8-11)10(2)19/h3,11-13,15,21H,4-8H2,1-2H3,(H,16,20)/t11-,12?,13+,15?/m1/s1. The van der Waals surface area contributed by atoms with E-state index in [-0.39, 0.29) is 29.8 Å². The quantitative estimate of drug-likeness (QED) is 0.670. The van der Waals surface area contributed by atoms with Crippen molar-refractivity contribution < 1.29 is 14.7 Å². The first-order valence-electron chi connectivity index (χ1n) is 7.64. The average Bonchev–Trinajstić information content (AvgIpc) is 2.89. The Kier molecular flexibility index (Phi) is 3.75. The molecular formula is C15H23N3O3. The molecule has 4 atom stereocenters. The van der Waals surface area contributed by atoms with Crippen LogP contribution in [0.5, 0.6) is 0 Å². The van der Waals surface area contributed by atoms with Crippen LogP contribution in [0.3, 0.4) is 0 Å². The van der Waals surface area contributed by atoms with Crippen LogP contribution in [0, 0.1) is 5.92 Å². The molecule has 2 heterocycles. The molecule has 0 aromatic rings. The van der Waals surface area contributed by atoms with Crippen LogP contribution in [0.15, 0.2) is 11.6 Å². The van der Waals surface area contributed by atoms with Gasteiger partial charge in [-0.05, 0) is 26.2 Å². The van der Waals surface area contributed by atoms with Gasteiger partial charge >= 0.3 is 0 Å². The van der Waals surface area contributed by atoms with Crippen molar-refractivity contribution in [2.24, 2.45) is 5.92 Å². The van der Waals surface area contributed by atoms with E-state index in [4.69, 9.17) is 0 Å². The van der Waals surface area contributed by atoms with Crippen LogP contribution >= 0.6 is 0 Å². The number of rotatable bonds is 1. The van der Waals surface area contributed by atoms with E-state index >= 15 is 0 Å². The first-order chi connectivity index (χ1) is 9.97. The molecule has 0 radical (unpaired) electrons. The lowest BCUT2D eigenvalue weighted by Gasteiger charge is -2.48. The van der Waals surface area contributed by atoms with Gasteiger partial charge in [-0.3, -0.25) is 14.5 Å². The second-order valence-electron chi connectivity index (χ2n) is 6.40. The highest BCUT2D eigenvalue weighted by atomic mass is 16.3. The molecule has 6 heteroatoms. The second kappa shape index (κ2) is 5.42. The Hall–Kier alpha value is -1.40. The largest absolute Gasteiger partial charge is 0.361 e. The summed E-state index contributed by atoms with van der Waals surface area (Å²) in [6.07, 6.45) is 3.61. The molecule has 0 bridgehead atoms. The van der Waals surface area contributed by atoms with E-state index in [9.17, 15) is 14.7 Å². The maximum atomic E-state index is 12.1. The molecule has 2 unspecified atom stereocenters. The Morgan fingerprint density at radius 1 is 1.48 bits per heavy atom. The number of amides is 2. The fraction of sp³-hybridized carbons (Fsp3) is 0.733. The molecule has 1 aliphatic carbocycles. The average molecular weight is 293 g/mol. The summed E-state index contributed by atoms with van der Waals surface area (Å²) in [7, 11) is 0. The Bertz CT molecular complexity index is 491. The number of aliphatic hydroxyl groups is 1. The van der Waals surface area contributed by atoms with E-state index in [2.05, 4.69) is 11.4 Å². The number of carbonyl (C=O) groups excluding carboxylic acids is 2. The number of nitrogens with one attached hydrogen (secondary N) is 1. The van der Waals surface area contributed by atoms with Gasteiger partial charge in [0.05, 0.1) is 5.92 Å². The number of hydrogen-bond donors (Lipinski definition) is 2. The van der Waals surface area contributed by atoms with Gasteiger partial charge in [-0.15, -0.1) is 0 Å². The van der Waals surface area contributed by atoms with Crippen molar-refractivity contribution in [3.8, 4) is 0 Å². The number of carbonyl (C=O) groups is 2. The molecule has 2 N–H and O–H groups in total. The van der Waals surface area contributed by atoms with Crippen molar-refractivity contribution >= 4 is 11.8 Å². The number of likely N-dealkylation sites (tertiary alicyclic amines) is 1. The van der Waals surface area contributed by atoms with Crippen LogP contribution in [0.4, 0.5) is 0 Å². The van der Waals surface area contributed by atoms with Crippen LogP contribution in [0.1, 0.15) is 33.1 Å². The minimum atomic E-state index is -0.942. The maximum Gasteiger partial charge on any atom is 0.228 e. The van der Waals surface area contributed by atoms with Crippen molar-refractivity contribution in [2.45, 2.75) is 51.5 Å². The Morgan fingerprint density at radius 2 is 2.24 bits per heavy atom. The van der Waals surface area contributed by atoms with Crippen molar-refractivity contribution in [3.05, 3.63) is 11.6 Å². The van der Waals surface area contributed by atoms with Gasteiger partial charge in [-0.2, -0.15) is 0 Å². The van der Waals surface area contributed by atoms with E-state index in [0.29, 0.717) is 6.54 Å². The lowest BCUT2D eigenvalue weighted by atomic mass is 9.81. The smallest absolute Gasteiger partial charge is 0.228 e. The summed E-state index contributed by atoms with van der Waals surface area (Å²) in [6.45, 7) is 4.98. The van der Waals surface area contributed by atoms with E-state index in [1.54, 1.807) is 6.92 Å². The van der Waals surface area contributed by atoms with Crippen LogP contribution in [0.25, 0.3) is 0 Å². The minimum absolute atomic E-state index is 0.0364. The van der Waals surface area contributed by atoms with E-state index in [1.165, 1.54) is 5.57 Å². The van der Waals surface area contributed by atoms with Crippen LogP contribution in [0.2, 0.25) is 0 Å².